The van der Waals surface area contributed by atoms with E-state index >= 15 is 0 Å². The van der Waals surface area contributed by atoms with Gasteiger partial charge in [0.25, 0.3) is 0 Å². The number of anilines is 6. The first-order chi connectivity index (χ1) is 29.7. The number of hydrogen-bond donors (Lipinski definition) is 0. The summed E-state index contributed by atoms with van der Waals surface area (Å²) in [6, 6.07) is 77.7. The number of rotatable bonds is 9. The first-order valence-electron chi connectivity index (χ1n) is 20.0. The van der Waals surface area contributed by atoms with E-state index < -0.39 is 0 Å². The van der Waals surface area contributed by atoms with E-state index in [4.69, 9.17) is 9.97 Å². The van der Waals surface area contributed by atoms with Gasteiger partial charge in [-0.3, -0.25) is 0 Å². The first kappa shape index (κ1) is 35.8. The molecule has 0 aliphatic heterocycles. The zero-order valence-electron chi connectivity index (χ0n) is 32.4. The van der Waals surface area contributed by atoms with E-state index in [0.29, 0.717) is 0 Å². The van der Waals surface area contributed by atoms with Gasteiger partial charge in [0.15, 0.2) is 0 Å². The zero-order chi connectivity index (χ0) is 39.8. The quantitative estimate of drug-likeness (QED) is 0.145. The van der Waals surface area contributed by atoms with Crippen molar-refractivity contribution >= 4 is 88.0 Å². The van der Waals surface area contributed by atoms with Crippen LogP contribution in [0.15, 0.2) is 218 Å². The maximum Gasteiger partial charge on any atom is 0.124 e. The minimum Gasteiger partial charge on any atom is -0.311 e. The van der Waals surface area contributed by atoms with Crippen LogP contribution >= 0.6 is 22.7 Å². The Morgan fingerprint density at radius 2 is 0.650 bits per heavy atom. The molecule has 11 aromatic rings. The molecule has 60 heavy (non-hydrogen) atoms. The van der Waals surface area contributed by atoms with Gasteiger partial charge in [0, 0.05) is 45.3 Å². The van der Waals surface area contributed by atoms with E-state index in [1.165, 1.54) is 31.3 Å². The van der Waals surface area contributed by atoms with Crippen LogP contribution in [-0.4, -0.2) is 9.97 Å². The number of nitrogens with zero attached hydrogens (tertiary/aromatic N) is 4. The van der Waals surface area contributed by atoms with Gasteiger partial charge in [0.05, 0.1) is 20.4 Å². The number of aromatic nitrogens is 2. The lowest BCUT2D eigenvalue weighted by molar-refractivity contribution is 1.28. The minimum absolute atomic E-state index is 1.03. The molecule has 0 aliphatic carbocycles. The number of para-hydroxylation sites is 4. The van der Waals surface area contributed by atoms with E-state index in [-0.39, 0.29) is 0 Å². The van der Waals surface area contributed by atoms with Gasteiger partial charge >= 0.3 is 0 Å². The van der Waals surface area contributed by atoms with Crippen LogP contribution in [0.3, 0.4) is 0 Å². The Balaban J connectivity index is 0.878. The molecule has 0 bridgehead atoms. The van der Waals surface area contributed by atoms with Gasteiger partial charge in [-0.1, -0.05) is 91.0 Å². The molecule has 0 atom stereocenters. The molecule has 0 radical (unpaired) electrons. The highest BCUT2D eigenvalue weighted by Gasteiger charge is 2.16. The van der Waals surface area contributed by atoms with E-state index in [2.05, 4.69) is 216 Å². The summed E-state index contributed by atoms with van der Waals surface area (Å²) in [7, 11) is 0. The van der Waals surface area contributed by atoms with Crippen molar-refractivity contribution in [2.24, 2.45) is 0 Å². The van der Waals surface area contributed by atoms with Crippen LogP contribution < -0.4 is 9.80 Å². The van der Waals surface area contributed by atoms with Crippen molar-refractivity contribution in [2.75, 3.05) is 9.80 Å². The summed E-state index contributed by atoms with van der Waals surface area (Å²) in [5.74, 6) is 0. The summed E-state index contributed by atoms with van der Waals surface area (Å²) in [6.45, 7) is 0. The predicted molar refractivity (Wildman–Crippen MR) is 256 cm³/mol. The van der Waals surface area contributed by atoms with Crippen LogP contribution in [0.4, 0.5) is 34.1 Å². The third-order valence-electron chi connectivity index (χ3n) is 10.9. The highest BCUT2D eigenvalue weighted by atomic mass is 32.1. The number of hydrogen-bond acceptors (Lipinski definition) is 6. The topological polar surface area (TPSA) is 32.3 Å². The fourth-order valence-corrected chi connectivity index (χ4v) is 9.84. The lowest BCUT2D eigenvalue weighted by atomic mass is 10.00. The van der Waals surface area contributed by atoms with Crippen molar-refractivity contribution in [3.63, 3.8) is 0 Å². The SMILES string of the molecule is c1ccc(N(c2ccc(-c3ccc4cc(N(c5ccccc5)c5ccc(-c6nc7ccccc7s6)cc5)ccc4c3)cc2)c2ccc(-c3nc4ccccc4s3)cc2)cc1. The van der Waals surface area contributed by atoms with Crippen molar-refractivity contribution in [1.29, 1.82) is 0 Å². The average Bonchev–Trinajstić information content (AvgIpc) is 3.96. The number of fused-ring (bicyclic) bond motifs is 3. The van der Waals surface area contributed by atoms with Crippen LogP contribution in [0.2, 0.25) is 0 Å². The van der Waals surface area contributed by atoms with E-state index in [1.807, 2.05) is 12.1 Å². The smallest absolute Gasteiger partial charge is 0.124 e. The molecule has 4 nitrogen and oxygen atoms in total. The van der Waals surface area contributed by atoms with Crippen LogP contribution in [-0.2, 0) is 0 Å². The van der Waals surface area contributed by atoms with Gasteiger partial charge in [-0.25, -0.2) is 9.97 Å². The van der Waals surface area contributed by atoms with Crippen LogP contribution in [0, 0.1) is 0 Å². The molecule has 6 heteroatoms. The Labute approximate surface area is 356 Å². The maximum atomic E-state index is 4.89. The van der Waals surface area contributed by atoms with E-state index in [1.54, 1.807) is 22.7 Å². The van der Waals surface area contributed by atoms with Crippen molar-refractivity contribution in [1.82, 2.24) is 9.97 Å². The normalized spacial score (nSPS) is 11.3. The molecule has 0 fully saturated rings. The molecule has 0 spiro atoms. The van der Waals surface area contributed by atoms with Gasteiger partial charge in [0.2, 0.25) is 0 Å². The van der Waals surface area contributed by atoms with Gasteiger partial charge < -0.3 is 9.80 Å². The summed E-state index contributed by atoms with van der Waals surface area (Å²) in [4.78, 5) is 14.4. The molecule has 0 saturated heterocycles. The summed E-state index contributed by atoms with van der Waals surface area (Å²) in [5.41, 5.74) is 13.3. The Morgan fingerprint density at radius 1 is 0.283 bits per heavy atom. The number of benzene rings is 9. The summed E-state index contributed by atoms with van der Waals surface area (Å²) in [6.07, 6.45) is 0. The molecular weight excluding hydrogens is 769 g/mol. The van der Waals surface area contributed by atoms with Gasteiger partial charge in [-0.2, -0.15) is 0 Å². The Kier molecular flexibility index (Phi) is 9.19. The molecule has 0 aliphatic rings. The van der Waals surface area contributed by atoms with Crippen LogP contribution in [0.1, 0.15) is 0 Å². The van der Waals surface area contributed by atoms with Crippen molar-refractivity contribution in [2.45, 2.75) is 0 Å². The van der Waals surface area contributed by atoms with Crippen LogP contribution in [0.5, 0.6) is 0 Å². The molecule has 9 aromatic carbocycles. The molecule has 11 rings (SSSR count). The molecular formula is C54H36N4S2. The average molecular weight is 805 g/mol. The Bertz CT molecular complexity index is 3180. The van der Waals surface area contributed by atoms with E-state index in [9.17, 15) is 0 Å². The van der Waals surface area contributed by atoms with Crippen LogP contribution in [0.25, 0.3) is 63.5 Å². The second-order valence-corrected chi connectivity index (χ2v) is 16.8. The van der Waals surface area contributed by atoms with Crippen molar-refractivity contribution < 1.29 is 0 Å². The summed E-state index contributed by atoms with van der Waals surface area (Å²) < 4.78 is 2.40. The maximum absolute atomic E-state index is 4.89. The fraction of sp³-hybridized carbons (Fsp3) is 0. The van der Waals surface area contributed by atoms with Gasteiger partial charge in [0.1, 0.15) is 10.0 Å². The highest BCUT2D eigenvalue weighted by Crippen LogP contribution is 2.40. The zero-order valence-corrected chi connectivity index (χ0v) is 34.0. The van der Waals surface area contributed by atoms with Crippen molar-refractivity contribution in [3.05, 3.63) is 218 Å². The van der Waals surface area contributed by atoms with Gasteiger partial charge in [-0.05, 0) is 149 Å². The van der Waals surface area contributed by atoms with Crippen molar-refractivity contribution in [3.8, 4) is 32.3 Å². The second-order valence-electron chi connectivity index (χ2n) is 14.7. The molecule has 284 valence electrons. The monoisotopic (exact) mass is 804 g/mol. The molecule has 0 amide bonds. The Morgan fingerprint density at radius 3 is 1.15 bits per heavy atom. The molecule has 0 saturated carbocycles. The van der Waals surface area contributed by atoms with E-state index in [0.717, 1.165) is 66.3 Å². The summed E-state index contributed by atoms with van der Waals surface area (Å²) in [5, 5.41) is 4.44. The number of thiazole rings is 2. The third-order valence-corrected chi connectivity index (χ3v) is 13.1. The van der Waals surface area contributed by atoms with Gasteiger partial charge in [-0.15, -0.1) is 22.7 Å². The molecule has 0 N–H and O–H groups in total. The Hall–Kier alpha value is -7.38. The lowest BCUT2D eigenvalue weighted by Gasteiger charge is -2.26. The summed E-state index contributed by atoms with van der Waals surface area (Å²) >= 11 is 3.46. The standard InChI is InChI=1S/C54H36N4S2/c1-3-11-43(12-4-1)57(46-30-23-38(24-31-46)53-55-49-15-7-9-17-51(49)59-53)45-28-21-37(22-29-45)40-19-20-42-36-48(34-27-41(42)35-40)58(44-13-5-2-6-14-44)47-32-25-39(26-33-47)54-56-50-16-8-10-18-52(50)60-54/h1-36H. The lowest BCUT2D eigenvalue weighted by Crippen LogP contribution is -2.09. The first-order valence-corrected chi connectivity index (χ1v) is 21.6. The molecule has 0 unspecified atom stereocenters. The minimum atomic E-state index is 1.03. The highest BCUT2D eigenvalue weighted by molar-refractivity contribution is 7.22. The molecule has 2 heterocycles. The second kappa shape index (κ2) is 15.4. The fourth-order valence-electron chi connectivity index (χ4n) is 7.90. The third kappa shape index (κ3) is 6.88. The molecule has 2 aromatic heterocycles. The predicted octanol–water partition coefficient (Wildman–Crippen LogP) is 16.0. The largest absolute Gasteiger partial charge is 0.311 e.